The van der Waals surface area contributed by atoms with Crippen LogP contribution >= 0.6 is 0 Å². The van der Waals surface area contributed by atoms with E-state index in [4.69, 9.17) is 4.74 Å². The Labute approximate surface area is 198 Å². The van der Waals surface area contributed by atoms with E-state index in [1.165, 1.54) is 10.9 Å². The lowest BCUT2D eigenvalue weighted by Crippen LogP contribution is -2.66. The Morgan fingerprint density at radius 3 is 2.65 bits per heavy atom. The van der Waals surface area contributed by atoms with Crippen LogP contribution in [0.4, 0.5) is 0 Å². The maximum Gasteiger partial charge on any atom is 0.122 e. The van der Waals surface area contributed by atoms with Crippen LogP contribution < -0.4 is 0 Å². The predicted molar refractivity (Wildman–Crippen MR) is 126 cm³/mol. The molecule has 5 unspecified atom stereocenters. The molecule has 6 nitrogen and oxygen atoms in total. The van der Waals surface area contributed by atoms with Crippen molar-refractivity contribution < 1.29 is 25.2 Å². The van der Waals surface area contributed by atoms with Gasteiger partial charge in [-0.25, -0.2) is 0 Å². The largest absolute Gasteiger partial charge is 0.387 e. The fourth-order valence-electron chi connectivity index (χ4n) is 8.33. The number of nitrogens with zero attached hydrogens (tertiary/aromatic N) is 1. The number of rotatable bonds is 1. The molecule has 178 valence electrons. The van der Waals surface area contributed by atoms with Gasteiger partial charge in [0.15, 0.2) is 0 Å². The van der Waals surface area contributed by atoms with Gasteiger partial charge in [-0.2, -0.15) is 0 Å². The third-order valence-electron chi connectivity index (χ3n) is 10.0. The predicted octanol–water partition coefficient (Wildman–Crippen LogP) is 2.75. The third kappa shape index (κ3) is 2.41. The van der Waals surface area contributed by atoms with Crippen LogP contribution in [0.2, 0.25) is 0 Å². The molecule has 0 radical (unpaired) electrons. The molecule has 2 aliphatic heterocycles. The first-order valence-corrected chi connectivity index (χ1v) is 12.5. The molecule has 3 aliphatic carbocycles. The van der Waals surface area contributed by atoms with Gasteiger partial charge in [-0.05, 0) is 83.6 Å². The highest BCUT2D eigenvalue weighted by Crippen LogP contribution is 2.69. The molecule has 6 heteroatoms. The zero-order valence-electron chi connectivity index (χ0n) is 19.3. The van der Waals surface area contributed by atoms with Crippen LogP contribution in [0.25, 0.3) is 10.8 Å². The summed E-state index contributed by atoms with van der Waals surface area (Å²) < 4.78 is 6.89. The van der Waals surface area contributed by atoms with Gasteiger partial charge in [0.1, 0.15) is 30.0 Å². The first-order valence-electron chi connectivity index (χ1n) is 12.5. The molecule has 5 aliphatic rings. The summed E-state index contributed by atoms with van der Waals surface area (Å²) >= 11 is 0. The topological polar surface area (TPSA) is 103 Å². The summed E-state index contributed by atoms with van der Waals surface area (Å²) in [6.07, 6.45) is 6.87. The molecule has 2 spiro atoms. The number of aliphatic hydroxyl groups excluding tert-OH is 4. The Bertz CT molecular complexity index is 1260. The van der Waals surface area contributed by atoms with Gasteiger partial charge in [0.25, 0.3) is 0 Å². The van der Waals surface area contributed by atoms with Gasteiger partial charge in [0.05, 0.1) is 5.60 Å². The number of benzene rings is 1. The standard InChI is InChI=1S/C28H31NO5/c1-26-8-6-18-13-20-22(30)23(31)24(32)25(33)28(20)10-9-27(18,34-28)21(26)5-4-19(26)16-3-2-15-7-11-29-14-17(15)12-16/h2-3,6-7,11-14,19,21-25,30-33H,4-5,8-10H2,1H3/t19?,21-,22?,23?,24-,25?,26-,27?,28+/m1/s1. The molecule has 9 atom stereocenters. The average Bonchev–Trinajstić information content (AvgIpc) is 3.38. The number of fused-ring (bicyclic) bond motifs is 2. The smallest absolute Gasteiger partial charge is 0.122 e. The Morgan fingerprint density at radius 2 is 1.79 bits per heavy atom. The van der Waals surface area contributed by atoms with E-state index in [0.717, 1.165) is 36.6 Å². The molecule has 1 saturated heterocycles. The summed E-state index contributed by atoms with van der Waals surface area (Å²) in [6.45, 7) is 2.38. The Morgan fingerprint density at radius 1 is 0.971 bits per heavy atom. The SMILES string of the molecule is C[C@]12CC=C3C=C4C(O)C(O)[C@@H](O)C(O)[C@]45CCC3(O5)[C@@H]1CCC2c1ccc2ccncc2c1. The minimum Gasteiger partial charge on any atom is -0.387 e. The van der Waals surface area contributed by atoms with Crippen LogP contribution in [0.1, 0.15) is 50.5 Å². The molecule has 3 heterocycles. The van der Waals surface area contributed by atoms with Gasteiger partial charge < -0.3 is 25.2 Å². The van der Waals surface area contributed by atoms with Crippen molar-refractivity contribution >= 4 is 10.8 Å². The fraction of sp³-hybridized carbons (Fsp3) is 0.536. The highest BCUT2D eigenvalue weighted by Gasteiger charge is 2.70. The van der Waals surface area contributed by atoms with Crippen molar-refractivity contribution in [2.45, 2.75) is 80.6 Å². The monoisotopic (exact) mass is 461 g/mol. The average molecular weight is 462 g/mol. The maximum atomic E-state index is 11.0. The first kappa shape index (κ1) is 21.2. The molecule has 2 aromatic rings. The molecule has 0 amide bonds. The van der Waals surface area contributed by atoms with Gasteiger partial charge in [-0.15, -0.1) is 0 Å². The lowest BCUT2D eigenvalue weighted by Gasteiger charge is -2.56. The molecule has 4 N–H and O–H groups in total. The minimum atomic E-state index is -1.44. The molecule has 7 rings (SSSR count). The van der Waals surface area contributed by atoms with Crippen LogP contribution in [-0.4, -0.2) is 61.0 Å². The summed E-state index contributed by atoms with van der Waals surface area (Å²) in [5.41, 5.74) is 1.23. The van der Waals surface area contributed by atoms with Crippen LogP contribution in [0, 0.1) is 11.3 Å². The first-order chi connectivity index (χ1) is 16.3. The van der Waals surface area contributed by atoms with Crippen LogP contribution in [0.3, 0.4) is 0 Å². The van der Waals surface area contributed by atoms with E-state index in [1.54, 1.807) is 0 Å². The number of hydrogen-bond donors (Lipinski definition) is 4. The van der Waals surface area contributed by atoms with E-state index in [1.807, 2.05) is 24.5 Å². The number of aliphatic hydroxyl groups is 4. The van der Waals surface area contributed by atoms with Gasteiger partial charge >= 0.3 is 0 Å². The van der Waals surface area contributed by atoms with Gasteiger partial charge in [0.2, 0.25) is 0 Å². The Kier molecular flexibility index (Phi) is 4.22. The van der Waals surface area contributed by atoms with E-state index in [-0.39, 0.29) is 11.3 Å². The molecule has 2 bridgehead atoms. The second-order valence-corrected chi connectivity index (χ2v) is 11.4. The highest BCUT2D eigenvalue weighted by atomic mass is 16.6. The van der Waals surface area contributed by atoms with Crippen LogP contribution in [-0.2, 0) is 4.74 Å². The second-order valence-electron chi connectivity index (χ2n) is 11.4. The van der Waals surface area contributed by atoms with Crippen molar-refractivity contribution in [2.24, 2.45) is 11.3 Å². The lowest BCUT2D eigenvalue weighted by molar-refractivity contribution is -0.227. The van der Waals surface area contributed by atoms with E-state index in [2.05, 4.69) is 36.2 Å². The number of allylic oxidation sites excluding steroid dienone is 1. The minimum absolute atomic E-state index is 0.00732. The van der Waals surface area contributed by atoms with Gasteiger partial charge in [0, 0.05) is 17.8 Å². The lowest BCUT2D eigenvalue weighted by atomic mass is 9.58. The molecule has 2 saturated carbocycles. The molecular formula is C28H31NO5. The van der Waals surface area contributed by atoms with Crippen molar-refractivity contribution in [2.75, 3.05) is 0 Å². The second kappa shape index (κ2) is 6.77. The van der Waals surface area contributed by atoms with E-state index < -0.39 is 35.6 Å². The van der Waals surface area contributed by atoms with Gasteiger partial charge in [-0.1, -0.05) is 31.2 Å². The molecule has 1 aromatic carbocycles. The van der Waals surface area contributed by atoms with Crippen molar-refractivity contribution in [3.8, 4) is 0 Å². The van der Waals surface area contributed by atoms with Crippen LogP contribution in [0.15, 0.2) is 60.0 Å². The fourth-order valence-corrected chi connectivity index (χ4v) is 8.33. The third-order valence-corrected chi connectivity index (χ3v) is 10.0. The maximum absolute atomic E-state index is 11.0. The Hall–Kier alpha value is -2.09. The molecule has 3 fully saturated rings. The summed E-state index contributed by atoms with van der Waals surface area (Å²) in [5, 5.41) is 45.0. The van der Waals surface area contributed by atoms with Gasteiger partial charge in [-0.3, -0.25) is 4.98 Å². The highest BCUT2D eigenvalue weighted by molar-refractivity contribution is 5.82. The van der Waals surface area contributed by atoms with Crippen molar-refractivity contribution in [3.05, 3.63) is 65.5 Å². The zero-order chi connectivity index (χ0) is 23.5. The number of hydrogen-bond acceptors (Lipinski definition) is 6. The van der Waals surface area contributed by atoms with E-state index in [0.29, 0.717) is 17.9 Å². The normalized spacial score (nSPS) is 47.0. The number of ether oxygens (including phenoxy) is 1. The summed E-state index contributed by atoms with van der Waals surface area (Å²) in [6, 6.07) is 8.77. The van der Waals surface area contributed by atoms with Crippen LogP contribution in [0.5, 0.6) is 0 Å². The number of aromatic nitrogens is 1. The van der Waals surface area contributed by atoms with Crippen molar-refractivity contribution in [1.29, 1.82) is 0 Å². The molecule has 1 aromatic heterocycles. The summed E-state index contributed by atoms with van der Waals surface area (Å²) in [7, 11) is 0. The zero-order valence-corrected chi connectivity index (χ0v) is 19.3. The van der Waals surface area contributed by atoms with Crippen molar-refractivity contribution in [1.82, 2.24) is 4.98 Å². The van der Waals surface area contributed by atoms with E-state index in [9.17, 15) is 20.4 Å². The summed E-state index contributed by atoms with van der Waals surface area (Å²) in [4.78, 5) is 4.31. The van der Waals surface area contributed by atoms with E-state index >= 15 is 0 Å². The van der Waals surface area contributed by atoms with Crippen molar-refractivity contribution in [3.63, 3.8) is 0 Å². The number of pyridine rings is 1. The summed E-state index contributed by atoms with van der Waals surface area (Å²) in [5.74, 6) is 0.647. The molecule has 34 heavy (non-hydrogen) atoms. The molecular weight excluding hydrogens is 430 g/mol. The quantitative estimate of drug-likeness (QED) is 0.521. The Balaban J connectivity index is 1.32.